The molecule has 0 aliphatic carbocycles. The number of aliphatic hydroxyl groups is 1. The van der Waals surface area contributed by atoms with E-state index in [1.165, 1.54) is 0 Å². The van der Waals surface area contributed by atoms with Crippen LogP contribution in [-0.2, 0) is 0 Å². The Bertz CT molecular complexity index is 297. The second kappa shape index (κ2) is 5.36. The quantitative estimate of drug-likeness (QED) is 0.802. The Morgan fingerprint density at radius 3 is 2.27 bits per heavy atom. The predicted molar refractivity (Wildman–Crippen MR) is 61.8 cm³/mol. The molecule has 86 valence electrons. The fourth-order valence-corrected chi connectivity index (χ4v) is 2.05. The van der Waals surface area contributed by atoms with Crippen molar-refractivity contribution in [1.29, 1.82) is 0 Å². The highest BCUT2D eigenvalue weighted by molar-refractivity contribution is 5.22. The zero-order chi connectivity index (χ0) is 11.4. The van der Waals surface area contributed by atoms with E-state index in [4.69, 9.17) is 4.42 Å². The fourth-order valence-electron chi connectivity index (χ4n) is 2.05. The van der Waals surface area contributed by atoms with Gasteiger partial charge in [-0.2, -0.15) is 0 Å². The molecule has 0 aliphatic heterocycles. The van der Waals surface area contributed by atoms with E-state index >= 15 is 0 Å². The van der Waals surface area contributed by atoms with Crippen molar-refractivity contribution < 1.29 is 9.52 Å². The van der Waals surface area contributed by atoms with Gasteiger partial charge in [-0.3, -0.25) is 0 Å². The number of hydrogen-bond acceptors (Lipinski definition) is 2. The van der Waals surface area contributed by atoms with Gasteiger partial charge in [0.15, 0.2) is 0 Å². The molecule has 0 saturated heterocycles. The largest absolute Gasteiger partial charge is 0.466 e. The van der Waals surface area contributed by atoms with E-state index in [1.807, 2.05) is 19.9 Å². The number of furan rings is 1. The third-order valence-corrected chi connectivity index (χ3v) is 3.15. The van der Waals surface area contributed by atoms with Gasteiger partial charge in [0.1, 0.15) is 11.5 Å². The van der Waals surface area contributed by atoms with E-state index in [9.17, 15) is 5.11 Å². The normalized spacial score (nSPS) is 13.5. The van der Waals surface area contributed by atoms with Crippen LogP contribution < -0.4 is 0 Å². The van der Waals surface area contributed by atoms with E-state index < -0.39 is 0 Å². The van der Waals surface area contributed by atoms with Gasteiger partial charge in [0.05, 0.1) is 6.10 Å². The zero-order valence-corrected chi connectivity index (χ0v) is 10.2. The minimum Gasteiger partial charge on any atom is -0.466 e. The van der Waals surface area contributed by atoms with Crippen LogP contribution in [0, 0.1) is 19.8 Å². The minimum absolute atomic E-state index is 0.368. The summed E-state index contributed by atoms with van der Waals surface area (Å²) in [6.07, 6.45) is 2.73. The standard InChI is InChI=1S/C13H22O2/c1-5-11(6-2)8-13(14)12-7-9(3)15-10(12)4/h7,11,13-14H,5-6,8H2,1-4H3. The van der Waals surface area contributed by atoms with Crippen molar-refractivity contribution in [2.24, 2.45) is 5.92 Å². The molecule has 1 aromatic rings. The number of rotatable bonds is 5. The van der Waals surface area contributed by atoms with Crippen LogP contribution in [0.25, 0.3) is 0 Å². The molecule has 0 amide bonds. The van der Waals surface area contributed by atoms with E-state index in [1.54, 1.807) is 0 Å². The molecule has 0 saturated carbocycles. The van der Waals surface area contributed by atoms with Crippen LogP contribution in [0.1, 0.15) is 56.3 Å². The van der Waals surface area contributed by atoms with Gasteiger partial charge in [-0.05, 0) is 32.3 Å². The summed E-state index contributed by atoms with van der Waals surface area (Å²) in [5.41, 5.74) is 0.958. The molecule has 1 atom stereocenters. The maximum atomic E-state index is 10.1. The van der Waals surface area contributed by atoms with Crippen LogP contribution in [0.2, 0.25) is 0 Å². The summed E-state index contributed by atoms with van der Waals surface area (Å²) in [6.45, 7) is 8.18. The van der Waals surface area contributed by atoms with Crippen LogP contribution in [-0.4, -0.2) is 5.11 Å². The second-order valence-electron chi connectivity index (χ2n) is 4.30. The van der Waals surface area contributed by atoms with Gasteiger partial charge in [-0.15, -0.1) is 0 Å². The molecule has 15 heavy (non-hydrogen) atoms. The van der Waals surface area contributed by atoms with Crippen molar-refractivity contribution in [2.45, 2.75) is 53.1 Å². The van der Waals surface area contributed by atoms with Crippen LogP contribution >= 0.6 is 0 Å². The SMILES string of the molecule is CCC(CC)CC(O)c1cc(C)oc1C. The van der Waals surface area contributed by atoms with Gasteiger partial charge in [0.25, 0.3) is 0 Å². The van der Waals surface area contributed by atoms with Gasteiger partial charge in [-0.1, -0.05) is 26.7 Å². The third kappa shape index (κ3) is 3.10. The summed E-state index contributed by atoms with van der Waals surface area (Å²) in [5, 5.41) is 10.1. The summed E-state index contributed by atoms with van der Waals surface area (Å²) >= 11 is 0. The molecule has 2 nitrogen and oxygen atoms in total. The zero-order valence-electron chi connectivity index (χ0n) is 10.2. The Labute approximate surface area is 92.3 Å². The summed E-state index contributed by atoms with van der Waals surface area (Å²) in [4.78, 5) is 0. The summed E-state index contributed by atoms with van der Waals surface area (Å²) in [5.74, 6) is 2.34. The van der Waals surface area contributed by atoms with Crippen molar-refractivity contribution >= 4 is 0 Å². The number of aryl methyl sites for hydroxylation is 2. The van der Waals surface area contributed by atoms with Gasteiger partial charge >= 0.3 is 0 Å². The van der Waals surface area contributed by atoms with Gasteiger partial charge in [-0.25, -0.2) is 0 Å². The highest BCUT2D eigenvalue weighted by atomic mass is 16.3. The highest BCUT2D eigenvalue weighted by Crippen LogP contribution is 2.28. The second-order valence-corrected chi connectivity index (χ2v) is 4.30. The molecule has 0 spiro atoms. The topological polar surface area (TPSA) is 33.4 Å². The lowest BCUT2D eigenvalue weighted by molar-refractivity contribution is 0.139. The predicted octanol–water partition coefficient (Wildman–Crippen LogP) is 3.76. The molecule has 0 aliphatic rings. The third-order valence-electron chi connectivity index (χ3n) is 3.15. The van der Waals surface area contributed by atoms with Gasteiger partial charge in [0, 0.05) is 5.56 Å². The number of aliphatic hydroxyl groups excluding tert-OH is 1. The van der Waals surface area contributed by atoms with Crippen molar-refractivity contribution in [3.8, 4) is 0 Å². The Morgan fingerprint density at radius 2 is 1.87 bits per heavy atom. The average molecular weight is 210 g/mol. The average Bonchev–Trinajstić information content (AvgIpc) is 2.54. The number of hydrogen-bond donors (Lipinski definition) is 1. The van der Waals surface area contributed by atoms with Crippen molar-refractivity contribution in [3.05, 3.63) is 23.2 Å². The monoisotopic (exact) mass is 210 g/mol. The molecule has 0 aromatic carbocycles. The van der Waals surface area contributed by atoms with Gasteiger partial charge < -0.3 is 9.52 Å². The Morgan fingerprint density at radius 1 is 1.27 bits per heavy atom. The lowest BCUT2D eigenvalue weighted by Crippen LogP contribution is -2.06. The van der Waals surface area contributed by atoms with E-state index in [0.717, 1.165) is 36.3 Å². The highest BCUT2D eigenvalue weighted by Gasteiger charge is 2.17. The van der Waals surface area contributed by atoms with Crippen molar-refractivity contribution in [2.75, 3.05) is 0 Å². The summed E-state index contributed by atoms with van der Waals surface area (Å²) in [7, 11) is 0. The molecule has 1 N–H and O–H groups in total. The summed E-state index contributed by atoms with van der Waals surface area (Å²) in [6, 6.07) is 1.95. The fraction of sp³-hybridized carbons (Fsp3) is 0.692. The lowest BCUT2D eigenvalue weighted by atomic mass is 9.93. The van der Waals surface area contributed by atoms with E-state index in [-0.39, 0.29) is 6.10 Å². The molecule has 0 fully saturated rings. The van der Waals surface area contributed by atoms with Crippen LogP contribution in [0.4, 0.5) is 0 Å². The Balaban J connectivity index is 2.67. The lowest BCUT2D eigenvalue weighted by Gasteiger charge is -2.16. The molecule has 2 heteroatoms. The first-order valence-electron chi connectivity index (χ1n) is 5.83. The first kappa shape index (κ1) is 12.3. The van der Waals surface area contributed by atoms with Crippen molar-refractivity contribution in [1.82, 2.24) is 0 Å². The molecule has 1 rings (SSSR count). The van der Waals surface area contributed by atoms with E-state index in [0.29, 0.717) is 5.92 Å². The molecule has 1 unspecified atom stereocenters. The minimum atomic E-state index is -0.368. The van der Waals surface area contributed by atoms with E-state index in [2.05, 4.69) is 13.8 Å². The first-order valence-corrected chi connectivity index (χ1v) is 5.83. The molecular weight excluding hydrogens is 188 g/mol. The first-order chi connectivity index (χ1) is 7.08. The maximum Gasteiger partial charge on any atom is 0.106 e. The molecule has 1 heterocycles. The Kier molecular flexibility index (Phi) is 4.40. The van der Waals surface area contributed by atoms with Crippen LogP contribution in [0.5, 0.6) is 0 Å². The smallest absolute Gasteiger partial charge is 0.106 e. The van der Waals surface area contributed by atoms with Crippen molar-refractivity contribution in [3.63, 3.8) is 0 Å². The Hall–Kier alpha value is -0.760. The van der Waals surface area contributed by atoms with Crippen LogP contribution in [0.15, 0.2) is 10.5 Å². The molecule has 0 bridgehead atoms. The molecule has 1 aromatic heterocycles. The summed E-state index contributed by atoms with van der Waals surface area (Å²) < 4.78 is 5.42. The van der Waals surface area contributed by atoms with Gasteiger partial charge in [0.2, 0.25) is 0 Å². The maximum absolute atomic E-state index is 10.1. The molecule has 0 radical (unpaired) electrons. The molecular formula is C13H22O2. The van der Waals surface area contributed by atoms with Crippen LogP contribution in [0.3, 0.4) is 0 Å².